The molecule has 0 N–H and O–H groups in total. The van der Waals surface area contributed by atoms with E-state index in [1.54, 1.807) is 31.0 Å². The third-order valence-electron chi connectivity index (χ3n) is 3.71. The zero-order valence-corrected chi connectivity index (χ0v) is 13.6. The molecule has 112 valence electrons. The summed E-state index contributed by atoms with van der Waals surface area (Å²) in [5.41, 5.74) is 1.09. The van der Waals surface area contributed by atoms with E-state index in [9.17, 15) is 9.59 Å². The number of rotatable bonds is 2. The van der Waals surface area contributed by atoms with Gasteiger partial charge in [-0.1, -0.05) is 12.1 Å². The number of hydrogen-bond donors (Lipinski definition) is 0. The number of likely N-dealkylation sites (N-methyl/N-ethyl adjacent to an activating group) is 2. The molecule has 1 aromatic rings. The van der Waals surface area contributed by atoms with Crippen molar-refractivity contribution < 1.29 is 14.3 Å². The second-order valence-corrected chi connectivity index (χ2v) is 7.66. The topological polar surface area (TPSA) is 49.9 Å². The van der Waals surface area contributed by atoms with Crippen molar-refractivity contribution in [1.82, 2.24) is 9.80 Å². The molecule has 2 bridgehead atoms. The van der Waals surface area contributed by atoms with Crippen LogP contribution in [0.25, 0.3) is 0 Å². The van der Waals surface area contributed by atoms with E-state index in [0.717, 1.165) is 11.3 Å². The number of ether oxygens (including phenoxy) is 1. The summed E-state index contributed by atoms with van der Waals surface area (Å²) in [5.74, 6) is 0.790. The van der Waals surface area contributed by atoms with Gasteiger partial charge < -0.3 is 14.5 Å². The number of fused-ring (bicyclic) bond motifs is 4. The molecule has 2 atom stereocenters. The van der Waals surface area contributed by atoms with Gasteiger partial charge in [0.25, 0.3) is 11.8 Å². The highest BCUT2D eigenvalue weighted by Gasteiger charge is 2.49. The van der Waals surface area contributed by atoms with E-state index >= 15 is 0 Å². The molecule has 3 saturated heterocycles. The molecule has 3 aliphatic heterocycles. The number of methoxy groups -OCH3 is 1. The normalized spacial score (nSPS) is 28.8. The van der Waals surface area contributed by atoms with E-state index in [1.165, 1.54) is 23.5 Å². The zero-order valence-electron chi connectivity index (χ0n) is 12.0. The highest BCUT2D eigenvalue weighted by atomic mass is 32.2. The minimum Gasteiger partial charge on any atom is -0.497 e. The fraction of sp³-hybridized carbons (Fsp3) is 0.429. The van der Waals surface area contributed by atoms with Crippen LogP contribution in [0.3, 0.4) is 0 Å². The number of piperazine rings is 1. The van der Waals surface area contributed by atoms with Gasteiger partial charge in [0, 0.05) is 14.1 Å². The number of thioether (sulfide) groups is 2. The molecular formula is C14H16N2O3S2. The number of nitrogens with zero attached hydrogens (tertiary/aromatic N) is 2. The van der Waals surface area contributed by atoms with Crippen LogP contribution >= 0.6 is 23.5 Å². The lowest BCUT2D eigenvalue weighted by Crippen LogP contribution is -2.58. The summed E-state index contributed by atoms with van der Waals surface area (Å²) < 4.78 is 5.22. The molecular weight excluding hydrogens is 308 g/mol. The van der Waals surface area contributed by atoms with E-state index in [2.05, 4.69) is 0 Å². The minimum absolute atomic E-state index is 0.00406. The van der Waals surface area contributed by atoms with Gasteiger partial charge in [0.05, 0.1) is 11.7 Å². The SMILES string of the molecule is COc1ccc(C2SC3C(=O)N(C)C(S2)C(=O)N3C)cc1. The largest absolute Gasteiger partial charge is 0.497 e. The van der Waals surface area contributed by atoms with Crippen LogP contribution in [0, 0.1) is 0 Å². The quantitative estimate of drug-likeness (QED) is 0.830. The standard InChI is InChI=1S/C14H16N2O3S2/c1-15-10(17)13-16(2)11(18)12(15)20-14(21-13)8-4-6-9(19-3)7-5-8/h4-7,12-14H,1-3H3. The van der Waals surface area contributed by atoms with Crippen LogP contribution in [0.4, 0.5) is 0 Å². The van der Waals surface area contributed by atoms with Gasteiger partial charge in [0.2, 0.25) is 0 Å². The lowest BCUT2D eigenvalue weighted by molar-refractivity contribution is -0.150. The van der Waals surface area contributed by atoms with Gasteiger partial charge in [0.1, 0.15) is 5.75 Å². The lowest BCUT2D eigenvalue weighted by Gasteiger charge is -2.37. The van der Waals surface area contributed by atoms with E-state index in [0.29, 0.717) is 0 Å². The Kier molecular flexibility index (Phi) is 3.79. The van der Waals surface area contributed by atoms with E-state index < -0.39 is 10.7 Å². The molecule has 21 heavy (non-hydrogen) atoms. The van der Waals surface area contributed by atoms with Crippen molar-refractivity contribution in [3.8, 4) is 5.75 Å². The Morgan fingerprint density at radius 3 is 1.86 bits per heavy atom. The first-order valence-electron chi connectivity index (χ1n) is 6.51. The summed E-state index contributed by atoms with van der Waals surface area (Å²) in [6.45, 7) is 0. The van der Waals surface area contributed by atoms with Crippen molar-refractivity contribution in [1.29, 1.82) is 0 Å². The van der Waals surface area contributed by atoms with E-state index in [4.69, 9.17) is 4.74 Å². The maximum atomic E-state index is 12.3. The maximum Gasteiger partial charge on any atom is 0.256 e. The summed E-state index contributed by atoms with van der Waals surface area (Å²) in [6.07, 6.45) is 0. The van der Waals surface area contributed by atoms with Crippen LogP contribution in [-0.4, -0.2) is 53.6 Å². The van der Waals surface area contributed by atoms with Crippen molar-refractivity contribution in [2.24, 2.45) is 0 Å². The second kappa shape index (κ2) is 5.46. The third-order valence-corrected chi connectivity index (χ3v) is 6.97. The predicted octanol–water partition coefficient (Wildman–Crippen LogP) is 1.76. The van der Waals surface area contributed by atoms with Crippen LogP contribution in [-0.2, 0) is 9.59 Å². The molecule has 2 unspecified atom stereocenters. The molecule has 2 amide bonds. The molecule has 1 aromatic carbocycles. The molecule has 4 rings (SSSR count). The number of amides is 2. The Morgan fingerprint density at radius 2 is 1.43 bits per heavy atom. The zero-order chi connectivity index (χ0) is 15.1. The Labute approximate surface area is 132 Å². The molecule has 5 nitrogen and oxygen atoms in total. The van der Waals surface area contributed by atoms with Gasteiger partial charge in [-0.2, -0.15) is 0 Å². The first-order valence-corrected chi connectivity index (χ1v) is 8.39. The number of carbonyl (C=O) groups is 2. The average Bonchev–Trinajstić information content (AvgIpc) is 2.72. The predicted molar refractivity (Wildman–Crippen MR) is 84.0 cm³/mol. The molecule has 7 heteroatoms. The average molecular weight is 324 g/mol. The van der Waals surface area contributed by atoms with Crippen molar-refractivity contribution in [2.45, 2.75) is 15.3 Å². The Morgan fingerprint density at radius 1 is 0.952 bits per heavy atom. The van der Waals surface area contributed by atoms with Gasteiger partial charge in [-0.05, 0) is 17.7 Å². The highest BCUT2D eigenvalue weighted by Crippen LogP contribution is 2.51. The molecule has 0 aliphatic carbocycles. The van der Waals surface area contributed by atoms with Crippen molar-refractivity contribution in [3.63, 3.8) is 0 Å². The van der Waals surface area contributed by atoms with Gasteiger partial charge in [-0.3, -0.25) is 9.59 Å². The summed E-state index contributed by atoms with van der Waals surface area (Å²) in [6, 6.07) is 7.78. The molecule has 0 spiro atoms. The number of benzene rings is 1. The first-order chi connectivity index (χ1) is 10.0. The Balaban J connectivity index is 1.92. The summed E-state index contributed by atoms with van der Waals surface area (Å²) in [7, 11) is 5.04. The molecule has 0 aromatic heterocycles. The smallest absolute Gasteiger partial charge is 0.256 e. The first kappa shape index (κ1) is 14.6. The van der Waals surface area contributed by atoms with Gasteiger partial charge in [0.15, 0.2) is 10.7 Å². The minimum atomic E-state index is -0.444. The molecule has 3 fully saturated rings. The molecule has 3 heterocycles. The Bertz CT molecular complexity index is 550. The highest BCUT2D eigenvalue weighted by molar-refractivity contribution is 8.17. The van der Waals surface area contributed by atoms with Crippen LogP contribution in [0.5, 0.6) is 5.75 Å². The van der Waals surface area contributed by atoms with Crippen LogP contribution in [0.2, 0.25) is 0 Å². The maximum absolute atomic E-state index is 12.3. The fourth-order valence-electron chi connectivity index (χ4n) is 2.39. The summed E-state index contributed by atoms with van der Waals surface area (Å²) >= 11 is 3.04. The van der Waals surface area contributed by atoms with E-state index in [-0.39, 0.29) is 16.4 Å². The Hall–Kier alpha value is -1.34. The molecule has 0 radical (unpaired) electrons. The third kappa shape index (κ3) is 2.38. The lowest BCUT2D eigenvalue weighted by atomic mass is 10.2. The molecule has 0 saturated carbocycles. The van der Waals surface area contributed by atoms with Gasteiger partial charge >= 0.3 is 0 Å². The van der Waals surface area contributed by atoms with Crippen molar-refractivity contribution in [2.75, 3.05) is 21.2 Å². The van der Waals surface area contributed by atoms with Gasteiger partial charge in [-0.25, -0.2) is 0 Å². The van der Waals surface area contributed by atoms with Crippen LogP contribution in [0.1, 0.15) is 10.1 Å². The number of carbonyl (C=O) groups excluding carboxylic acids is 2. The van der Waals surface area contributed by atoms with Crippen LogP contribution in [0.15, 0.2) is 24.3 Å². The van der Waals surface area contributed by atoms with E-state index in [1.807, 2.05) is 24.3 Å². The summed E-state index contributed by atoms with van der Waals surface area (Å²) in [4.78, 5) is 27.8. The number of hydrogen-bond acceptors (Lipinski definition) is 5. The summed E-state index contributed by atoms with van der Waals surface area (Å²) in [5, 5.41) is -0.887. The monoisotopic (exact) mass is 324 g/mol. The second-order valence-electron chi connectivity index (χ2n) is 4.98. The van der Waals surface area contributed by atoms with Crippen molar-refractivity contribution >= 4 is 35.3 Å². The van der Waals surface area contributed by atoms with Crippen LogP contribution < -0.4 is 4.74 Å². The fourth-order valence-corrected chi connectivity index (χ4v) is 5.52. The van der Waals surface area contributed by atoms with Crippen molar-refractivity contribution in [3.05, 3.63) is 29.8 Å². The molecule has 3 aliphatic rings. The van der Waals surface area contributed by atoms with Gasteiger partial charge in [-0.15, -0.1) is 23.5 Å².